The number of rotatable bonds is 3. The molecule has 0 bridgehead atoms. The number of nitrogen functional groups attached to an aromatic ring is 1. The van der Waals surface area contributed by atoms with Crippen LogP contribution < -0.4 is 11.2 Å². The fourth-order valence-electron chi connectivity index (χ4n) is 1.46. The standard InChI is InChI=1S/C12H11ClN4O2/c1-7-10(11(14)19-17-7)12(18)16-15-6-8-4-2-3-5-9(8)13/h2-6H,14H2,1H3,(H,16,18)/b15-6+. The van der Waals surface area contributed by atoms with Gasteiger partial charge in [-0.15, -0.1) is 0 Å². The molecular weight excluding hydrogens is 268 g/mol. The summed E-state index contributed by atoms with van der Waals surface area (Å²) < 4.78 is 4.69. The average molecular weight is 279 g/mol. The number of anilines is 1. The van der Waals surface area contributed by atoms with Crippen LogP contribution >= 0.6 is 11.6 Å². The minimum atomic E-state index is -0.487. The maximum absolute atomic E-state index is 11.8. The number of benzene rings is 1. The minimum absolute atomic E-state index is 0.0389. The van der Waals surface area contributed by atoms with Crippen molar-refractivity contribution >= 4 is 29.6 Å². The summed E-state index contributed by atoms with van der Waals surface area (Å²) in [5.41, 5.74) is 9.10. The number of nitrogens with zero attached hydrogens (tertiary/aromatic N) is 2. The van der Waals surface area contributed by atoms with Crippen molar-refractivity contribution in [3.63, 3.8) is 0 Å². The van der Waals surface area contributed by atoms with Gasteiger partial charge in [-0.05, 0) is 13.0 Å². The monoisotopic (exact) mass is 278 g/mol. The van der Waals surface area contributed by atoms with E-state index in [9.17, 15) is 4.79 Å². The number of nitrogens with one attached hydrogen (secondary N) is 1. The summed E-state index contributed by atoms with van der Waals surface area (Å²) in [6.07, 6.45) is 1.44. The number of carbonyl (C=O) groups is 1. The predicted molar refractivity (Wildman–Crippen MR) is 72.2 cm³/mol. The minimum Gasteiger partial charge on any atom is -0.367 e. The molecule has 1 amide bonds. The largest absolute Gasteiger partial charge is 0.367 e. The Morgan fingerprint density at radius 2 is 2.26 bits per heavy atom. The third kappa shape index (κ3) is 2.92. The Hall–Kier alpha value is -2.34. The first-order valence-corrected chi connectivity index (χ1v) is 5.77. The normalized spacial score (nSPS) is 10.8. The van der Waals surface area contributed by atoms with Gasteiger partial charge in [0, 0.05) is 10.6 Å². The van der Waals surface area contributed by atoms with Crippen LogP contribution in [-0.2, 0) is 0 Å². The SMILES string of the molecule is Cc1noc(N)c1C(=O)N/N=C/c1ccccc1Cl. The summed E-state index contributed by atoms with van der Waals surface area (Å²) in [6, 6.07) is 7.13. The highest BCUT2D eigenvalue weighted by molar-refractivity contribution is 6.33. The predicted octanol–water partition coefficient (Wildman–Crippen LogP) is 1.98. The summed E-state index contributed by atoms with van der Waals surface area (Å²) in [6.45, 7) is 1.62. The van der Waals surface area contributed by atoms with Crippen molar-refractivity contribution in [1.82, 2.24) is 10.6 Å². The van der Waals surface area contributed by atoms with Crippen LogP contribution in [0.2, 0.25) is 5.02 Å². The van der Waals surface area contributed by atoms with E-state index in [1.165, 1.54) is 6.21 Å². The molecule has 2 rings (SSSR count). The third-order valence-electron chi connectivity index (χ3n) is 2.39. The summed E-state index contributed by atoms with van der Waals surface area (Å²) in [7, 11) is 0. The van der Waals surface area contributed by atoms with Crippen LogP contribution in [0.25, 0.3) is 0 Å². The Bertz CT molecular complexity index is 617. The second-order valence-electron chi connectivity index (χ2n) is 3.73. The number of amides is 1. The van der Waals surface area contributed by atoms with Crippen molar-refractivity contribution in [2.24, 2.45) is 5.10 Å². The number of hydrogen-bond acceptors (Lipinski definition) is 5. The smallest absolute Gasteiger partial charge is 0.278 e. The molecule has 1 heterocycles. The summed E-state index contributed by atoms with van der Waals surface area (Å²) in [4.78, 5) is 11.8. The van der Waals surface area contributed by atoms with E-state index >= 15 is 0 Å². The first-order chi connectivity index (χ1) is 9.09. The van der Waals surface area contributed by atoms with Crippen molar-refractivity contribution in [2.75, 3.05) is 5.73 Å². The Balaban J connectivity index is 2.08. The van der Waals surface area contributed by atoms with E-state index in [4.69, 9.17) is 21.9 Å². The van der Waals surface area contributed by atoms with Crippen LogP contribution in [0.15, 0.2) is 33.9 Å². The molecule has 6 nitrogen and oxygen atoms in total. The fourth-order valence-corrected chi connectivity index (χ4v) is 1.64. The van der Waals surface area contributed by atoms with E-state index in [-0.39, 0.29) is 11.4 Å². The van der Waals surface area contributed by atoms with Crippen LogP contribution in [0, 0.1) is 6.92 Å². The Morgan fingerprint density at radius 1 is 1.53 bits per heavy atom. The van der Waals surface area contributed by atoms with Gasteiger partial charge in [-0.1, -0.05) is 35.0 Å². The quantitative estimate of drug-likeness (QED) is 0.663. The molecule has 3 N–H and O–H groups in total. The lowest BCUT2D eigenvalue weighted by Crippen LogP contribution is -2.19. The van der Waals surface area contributed by atoms with Crippen molar-refractivity contribution < 1.29 is 9.32 Å². The van der Waals surface area contributed by atoms with E-state index in [1.807, 2.05) is 6.07 Å². The first kappa shape index (κ1) is 13.1. The van der Waals surface area contributed by atoms with Gasteiger partial charge in [0.15, 0.2) is 0 Å². The van der Waals surface area contributed by atoms with Gasteiger partial charge in [0.2, 0.25) is 5.88 Å². The van der Waals surface area contributed by atoms with E-state index in [2.05, 4.69) is 15.7 Å². The van der Waals surface area contributed by atoms with Gasteiger partial charge in [-0.25, -0.2) is 5.43 Å². The van der Waals surface area contributed by atoms with E-state index < -0.39 is 5.91 Å². The molecule has 98 valence electrons. The van der Waals surface area contributed by atoms with Gasteiger partial charge >= 0.3 is 0 Å². The van der Waals surface area contributed by atoms with E-state index in [0.717, 1.165) is 0 Å². The van der Waals surface area contributed by atoms with Crippen LogP contribution in [0.1, 0.15) is 21.6 Å². The van der Waals surface area contributed by atoms with Crippen molar-refractivity contribution in [3.8, 4) is 0 Å². The van der Waals surface area contributed by atoms with Gasteiger partial charge in [0.05, 0.1) is 11.9 Å². The van der Waals surface area contributed by atoms with Gasteiger partial charge in [0.1, 0.15) is 5.56 Å². The molecule has 0 radical (unpaired) electrons. The van der Waals surface area contributed by atoms with Gasteiger partial charge in [-0.2, -0.15) is 5.10 Å². The van der Waals surface area contributed by atoms with Crippen LogP contribution in [-0.4, -0.2) is 17.3 Å². The number of nitrogens with two attached hydrogens (primary N) is 1. The Labute approximate surface area is 114 Å². The molecule has 2 aromatic rings. The molecule has 0 aliphatic carbocycles. The topological polar surface area (TPSA) is 93.5 Å². The molecule has 1 aromatic carbocycles. The molecule has 0 atom stereocenters. The number of hydrogen-bond donors (Lipinski definition) is 2. The zero-order valence-corrected chi connectivity index (χ0v) is 10.8. The Kier molecular flexibility index (Phi) is 3.82. The van der Waals surface area contributed by atoms with Crippen LogP contribution in [0.4, 0.5) is 5.88 Å². The number of hydrazone groups is 1. The summed E-state index contributed by atoms with van der Waals surface area (Å²) >= 11 is 5.94. The lowest BCUT2D eigenvalue weighted by atomic mass is 10.2. The van der Waals surface area contributed by atoms with Crippen LogP contribution in [0.3, 0.4) is 0 Å². The van der Waals surface area contributed by atoms with Crippen molar-refractivity contribution in [1.29, 1.82) is 0 Å². The molecule has 0 spiro atoms. The fraction of sp³-hybridized carbons (Fsp3) is 0.0833. The highest BCUT2D eigenvalue weighted by Gasteiger charge is 2.17. The maximum atomic E-state index is 11.8. The molecule has 0 fully saturated rings. The lowest BCUT2D eigenvalue weighted by Gasteiger charge is -1.99. The third-order valence-corrected chi connectivity index (χ3v) is 2.74. The number of aromatic nitrogens is 1. The summed E-state index contributed by atoms with van der Waals surface area (Å²) in [5, 5.41) is 7.93. The van der Waals surface area contributed by atoms with Crippen molar-refractivity contribution in [2.45, 2.75) is 6.92 Å². The molecule has 0 aliphatic rings. The lowest BCUT2D eigenvalue weighted by molar-refractivity contribution is 0.0955. The molecule has 0 unspecified atom stereocenters. The van der Waals surface area contributed by atoms with Gasteiger partial charge < -0.3 is 10.3 Å². The highest BCUT2D eigenvalue weighted by atomic mass is 35.5. The summed E-state index contributed by atoms with van der Waals surface area (Å²) in [5.74, 6) is -0.525. The Morgan fingerprint density at radius 3 is 2.89 bits per heavy atom. The average Bonchev–Trinajstić information content (AvgIpc) is 2.71. The molecular formula is C12H11ClN4O2. The zero-order chi connectivity index (χ0) is 13.8. The van der Waals surface area contributed by atoms with Gasteiger partial charge in [-0.3, -0.25) is 4.79 Å². The molecule has 1 aromatic heterocycles. The molecule has 0 saturated heterocycles. The zero-order valence-electron chi connectivity index (χ0n) is 10.1. The van der Waals surface area contributed by atoms with E-state index in [0.29, 0.717) is 16.3 Å². The molecule has 0 aliphatic heterocycles. The highest BCUT2D eigenvalue weighted by Crippen LogP contribution is 2.15. The molecule has 0 saturated carbocycles. The van der Waals surface area contributed by atoms with Crippen LogP contribution in [0.5, 0.6) is 0 Å². The number of carbonyl (C=O) groups excluding carboxylic acids is 1. The maximum Gasteiger partial charge on any atom is 0.278 e. The van der Waals surface area contributed by atoms with Gasteiger partial charge in [0.25, 0.3) is 5.91 Å². The number of aryl methyl sites for hydroxylation is 1. The number of halogens is 1. The first-order valence-electron chi connectivity index (χ1n) is 5.39. The molecule has 7 heteroatoms. The second-order valence-corrected chi connectivity index (χ2v) is 4.14. The van der Waals surface area contributed by atoms with Crippen molar-refractivity contribution in [3.05, 3.63) is 46.1 Å². The second kappa shape index (κ2) is 5.53. The molecule has 19 heavy (non-hydrogen) atoms. The van der Waals surface area contributed by atoms with E-state index in [1.54, 1.807) is 25.1 Å².